The maximum Gasteiger partial charge on any atom is 0.146 e. The minimum Gasteiger partial charge on any atom is -0.298 e. The molecule has 0 amide bonds. The third-order valence-corrected chi connectivity index (χ3v) is 6.54. The first-order valence-electron chi connectivity index (χ1n) is 5.46. The molecule has 0 aromatic heterocycles. The molecule has 0 spiro atoms. The molecular weight excluding hydrogens is 212 g/mol. The first-order valence-corrected chi connectivity index (χ1v) is 7.45. The van der Waals surface area contributed by atoms with Crippen LogP contribution >= 0.6 is 23.5 Å². The van der Waals surface area contributed by atoms with Gasteiger partial charge in [-0.25, -0.2) is 0 Å². The van der Waals surface area contributed by atoms with Crippen molar-refractivity contribution in [3.63, 3.8) is 0 Å². The summed E-state index contributed by atoms with van der Waals surface area (Å²) in [6.45, 7) is 4.52. The lowest BCUT2D eigenvalue weighted by atomic mass is 10.1. The molecule has 2 aliphatic rings. The molecule has 1 saturated carbocycles. The fraction of sp³-hybridized carbons (Fsp3) is 0.909. The fourth-order valence-electron chi connectivity index (χ4n) is 1.69. The average molecular weight is 230 g/mol. The first kappa shape index (κ1) is 10.9. The van der Waals surface area contributed by atoms with Crippen LogP contribution in [-0.4, -0.2) is 27.3 Å². The molecule has 3 unspecified atom stereocenters. The largest absolute Gasteiger partial charge is 0.298 e. The van der Waals surface area contributed by atoms with Crippen molar-refractivity contribution in [1.82, 2.24) is 0 Å². The summed E-state index contributed by atoms with van der Waals surface area (Å²) in [4.78, 5) is 11.9. The van der Waals surface area contributed by atoms with Crippen molar-refractivity contribution in [3.8, 4) is 0 Å². The summed E-state index contributed by atoms with van der Waals surface area (Å²) in [7, 11) is 0. The van der Waals surface area contributed by atoms with Gasteiger partial charge in [0.1, 0.15) is 5.78 Å². The second-order valence-corrected chi connectivity index (χ2v) is 7.48. The Morgan fingerprint density at radius 2 is 2.00 bits per heavy atom. The van der Waals surface area contributed by atoms with Gasteiger partial charge in [-0.05, 0) is 18.8 Å². The van der Waals surface area contributed by atoms with E-state index in [1.165, 1.54) is 12.8 Å². The Hall–Kier alpha value is 0.370. The molecule has 1 heterocycles. The molecule has 2 rings (SSSR count). The number of Topliss-reactive ketones (excluding diaryl/α,β-unsaturated/α-hetero) is 1. The first-order chi connectivity index (χ1) is 6.66. The van der Waals surface area contributed by atoms with E-state index in [0.29, 0.717) is 21.5 Å². The summed E-state index contributed by atoms with van der Waals surface area (Å²) in [5.41, 5.74) is 0. The van der Waals surface area contributed by atoms with Gasteiger partial charge in [0, 0.05) is 22.7 Å². The SMILES string of the molecule is CC1SCC(C(=O)CC2CC2)SC1C. The van der Waals surface area contributed by atoms with Gasteiger partial charge in [0.2, 0.25) is 0 Å². The quantitative estimate of drug-likeness (QED) is 0.742. The predicted octanol–water partition coefficient (Wildman–Crippen LogP) is 2.98. The fourth-order valence-corrected chi connectivity index (χ4v) is 4.59. The Labute approximate surface area is 94.8 Å². The van der Waals surface area contributed by atoms with Gasteiger partial charge in [-0.15, -0.1) is 11.8 Å². The zero-order valence-corrected chi connectivity index (χ0v) is 10.5. The number of ketones is 1. The molecular formula is C11H18OS2. The van der Waals surface area contributed by atoms with E-state index in [1.54, 1.807) is 0 Å². The van der Waals surface area contributed by atoms with Crippen LogP contribution in [0.2, 0.25) is 0 Å². The predicted molar refractivity (Wildman–Crippen MR) is 65.1 cm³/mol. The van der Waals surface area contributed by atoms with Crippen molar-refractivity contribution < 1.29 is 4.79 Å². The summed E-state index contributed by atoms with van der Waals surface area (Å²) in [5, 5.41) is 1.65. The van der Waals surface area contributed by atoms with Crippen molar-refractivity contribution in [2.75, 3.05) is 5.75 Å². The number of carbonyl (C=O) groups is 1. The molecule has 0 radical (unpaired) electrons. The molecule has 0 aromatic carbocycles. The lowest BCUT2D eigenvalue weighted by molar-refractivity contribution is -0.118. The number of thioether (sulfide) groups is 2. The lowest BCUT2D eigenvalue weighted by Gasteiger charge is -2.30. The Kier molecular flexibility index (Phi) is 3.48. The van der Waals surface area contributed by atoms with E-state index in [9.17, 15) is 4.79 Å². The van der Waals surface area contributed by atoms with Gasteiger partial charge in [0.15, 0.2) is 0 Å². The van der Waals surface area contributed by atoms with E-state index in [0.717, 1.165) is 18.1 Å². The smallest absolute Gasteiger partial charge is 0.146 e. The van der Waals surface area contributed by atoms with Crippen LogP contribution in [-0.2, 0) is 4.79 Å². The Balaban J connectivity index is 1.82. The molecule has 1 nitrogen and oxygen atoms in total. The monoisotopic (exact) mass is 230 g/mol. The third kappa shape index (κ3) is 2.69. The number of rotatable bonds is 3. The molecule has 0 aromatic rings. The number of carbonyl (C=O) groups excluding carboxylic acids is 1. The Bertz CT molecular complexity index is 225. The van der Waals surface area contributed by atoms with E-state index in [-0.39, 0.29) is 0 Å². The molecule has 2 fully saturated rings. The van der Waals surface area contributed by atoms with Gasteiger partial charge in [-0.1, -0.05) is 13.8 Å². The molecule has 1 saturated heterocycles. The van der Waals surface area contributed by atoms with Crippen LogP contribution in [0.1, 0.15) is 33.1 Å². The molecule has 14 heavy (non-hydrogen) atoms. The molecule has 3 heteroatoms. The summed E-state index contributed by atoms with van der Waals surface area (Å²) in [6, 6.07) is 0. The van der Waals surface area contributed by atoms with Crippen molar-refractivity contribution in [1.29, 1.82) is 0 Å². The topological polar surface area (TPSA) is 17.1 Å². The highest BCUT2D eigenvalue weighted by Gasteiger charge is 2.33. The summed E-state index contributed by atoms with van der Waals surface area (Å²) in [6.07, 6.45) is 3.45. The van der Waals surface area contributed by atoms with Gasteiger partial charge in [-0.3, -0.25) is 4.79 Å². The van der Waals surface area contributed by atoms with E-state index < -0.39 is 0 Å². The van der Waals surface area contributed by atoms with Crippen LogP contribution in [0.4, 0.5) is 0 Å². The summed E-state index contributed by atoms with van der Waals surface area (Å²) in [5.74, 6) is 2.31. The number of hydrogen-bond acceptors (Lipinski definition) is 3. The van der Waals surface area contributed by atoms with E-state index in [4.69, 9.17) is 0 Å². The van der Waals surface area contributed by atoms with Crippen molar-refractivity contribution in [3.05, 3.63) is 0 Å². The highest BCUT2D eigenvalue weighted by Crippen LogP contribution is 2.39. The van der Waals surface area contributed by atoms with Crippen molar-refractivity contribution >= 4 is 29.3 Å². The molecule has 80 valence electrons. The van der Waals surface area contributed by atoms with E-state index >= 15 is 0 Å². The van der Waals surface area contributed by atoms with Gasteiger partial charge in [0.05, 0.1) is 5.25 Å². The minimum absolute atomic E-state index is 0.298. The molecule has 1 aliphatic carbocycles. The third-order valence-electron chi connectivity index (χ3n) is 3.10. The van der Waals surface area contributed by atoms with Crippen LogP contribution in [0.3, 0.4) is 0 Å². The Morgan fingerprint density at radius 1 is 1.29 bits per heavy atom. The minimum atomic E-state index is 0.298. The van der Waals surface area contributed by atoms with Crippen molar-refractivity contribution in [2.24, 2.45) is 5.92 Å². The molecule has 0 N–H and O–H groups in total. The van der Waals surface area contributed by atoms with Crippen LogP contribution < -0.4 is 0 Å². The second kappa shape index (κ2) is 4.48. The highest BCUT2D eigenvalue weighted by molar-refractivity contribution is 8.08. The summed E-state index contributed by atoms with van der Waals surface area (Å²) >= 11 is 3.87. The van der Waals surface area contributed by atoms with Gasteiger partial charge in [-0.2, -0.15) is 11.8 Å². The van der Waals surface area contributed by atoms with Gasteiger partial charge < -0.3 is 0 Å². The standard InChI is InChI=1S/C11H18OS2/c1-7-8(2)14-11(6-13-7)10(12)5-9-3-4-9/h7-9,11H,3-6H2,1-2H3. The van der Waals surface area contributed by atoms with Crippen molar-refractivity contribution in [2.45, 2.75) is 48.9 Å². The maximum atomic E-state index is 11.9. The highest BCUT2D eigenvalue weighted by atomic mass is 32.2. The molecule has 1 aliphatic heterocycles. The molecule has 3 atom stereocenters. The van der Waals surface area contributed by atoms with Crippen LogP contribution in [0.15, 0.2) is 0 Å². The van der Waals surface area contributed by atoms with Gasteiger partial charge in [0.25, 0.3) is 0 Å². The van der Waals surface area contributed by atoms with E-state index in [1.807, 2.05) is 23.5 Å². The van der Waals surface area contributed by atoms with Gasteiger partial charge >= 0.3 is 0 Å². The van der Waals surface area contributed by atoms with Crippen LogP contribution in [0, 0.1) is 5.92 Å². The van der Waals surface area contributed by atoms with E-state index in [2.05, 4.69) is 13.8 Å². The second-order valence-electron chi connectivity index (χ2n) is 4.48. The normalized spacial score (nSPS) is 38.3. The lowest BCUT2D eigenvalue weighted by Crippen LogP contribution is -2.31. The zero-order valence-electron chi connectivity index (χ0n) is 8.86. The van der Waals surface area contributed by atoms with Crippen LogP contribution in [0.25, 0.3) is 0 Å². The molecule has 0 bridgehead atoms. The zero-order chi connectivity index (χ0) is 10.1. The van der Waals surface area contributed by atoms with Crippen LogP contribution in [0.5, 0.6) is 0 Å². The average Bonchev–Trinajstić information content (AvgIpc) is 2.93. The number of hydrogen-bond donors (Lipinski definition) is 0. The Morgan fingerprint density at radius 3 is 2.57 bits per heavy atom. The maximum absolute atomic E-state index is 11.9. The summed E-state index contributed by atoms with van der Waals surface area (Å²) < 4.78 is 0.